The van der Waals surface area contributed by atoms with Gasteiger partial charge in [0.15, 0.2) is 0 Å². The molecule has 0 amide bonds. The standard InChI is InChI=1S/C7H16N/c1-4-5-6-7-8(2)3/h7H,4-6H2,1-3H3. The van der Waals surface area contributed by atoms with Crippen molar-refractivity contribution in [3.8, 4) is 0 Å². The molecule has 0 saturated heterocycles. The van der Waals surface area contributed by atoms with Gasteiger partial charge in [0, 0.05) is 6.54 Å². The van der Waals surface area contributed by atoms with Gasteiger partial charge in [0.1, 0.15) is 0 Å². The summed E-state index contributed by atoms with van der Waals surface area (Å²) in [5.41, 5.74) is 0. The Bertz CT molecular complexity index is 41.7. The molecule has 0 aromatic heterocycles. The van der Waals surface area contributed by atoms with E-state index >= 15 is 0 Å². The predicted octanol–water partition coefficient (Wildman–Crippen LogP) is 1.90. The summed E-state index contributed by atoms with van der Waals surface area (Å²) in [4.78, 5) is 2.11. The first-order valence-electron chi connectivity index (χ1n) is 3.27. The third-order valence-electron chi connectivity index (χ3n) is 1.05. The summed E-state index contributed by atoms with van der Waals surface area (Å²) in [6, 6.07) is 0. The van der Waals surface area contributed by atoms with Crippen LogP contribution in [0.2, 0.25) is 0 Å². The van der Waals surface area contributed by atoms with Crippen molar-refractivity contribution in [2.45, 2.75) is 26.2 Å². The topological polar surface area (TPSA) is 3.24 Å². The maximum atomic E-state index is 2.21. The Kier molecular flexibility index (Phi) is 5.08. The molecule has 0 atom stereocenters. The van der Waals surface area contributed by atoms with Crippen LogP contribution in [0.3, 0.4) is 0 Å². The lowest BCUT2D eigenvalue weighted by Gasteiger charge is -2.06. The zero-order valence-electron chi connectivity index (χ0n) is 6.15. The van der Waals surface area contributed by atoms with E-state index in [1.807, 2.05) is 0 Å². The van der Waals surface area contributed by atoms with Gasteiger partial charge in [-0.05, 0) is 20.5 Å². The van der Waals surface area contributed by atoms with E-state index in [1.165, 1.54) is 19.3 Å². The number of nitrogens with zero attached hydrogens (tertiary/aromatic N) is 1. The van der Waals surface area contributed by atoms with Crippen molar-refractivity contribution in [1.29, 1.82) is 0 Å². The van der Waals surface area contributed by atoms with Gasteiger partial charge in [-0.3, -0.25) is 0 Å². The highest BCUT2D eigenvalue weighted by Crippen LogP contribution is 1.97. The normalized spacial score (nSPS) is 10.5. The van der Waals surface area contributed by atoms with Gasteiger partial charge in [0.05, 0.1) is 0 Å². The summed E-state index contributed by atoms with van der Waals surface area (Å²) in [6.07, 6.45) is 3.84. The van der Waals surface area contributed by atoms with Crippen LogP contribution < -0.4 is 0 Å². The molecule has 0 aliphatic heterocycles. The molecule has 0 heterocycles. The Balaban J connectivity index is 2.72. The molecule has 0 aromatic carbocycles. The van der Waals surface area contributed by atoms with Crippen LogP contribution in [0, 0.1) is 6.54 Å². The SMILES string of the molecule is CCCC[CH]N(C)C. The molecule has 0 rings (SSSR count). The Morgan fingerprint density at radius 1 is 1.38 bits per heavy atom. The molecule has 0 spiro atoms. The van der Waals surface area contributed by atoms with E-state index in [4.69, 9.17) is 0 Å². The van der Waals surface area contributed by atoms with E-state index in [0.29, 0.717) is 0 Å². The van der Waals surface area contributed by atoms with Gasteiger partial charge in [-0.1, -0.05) is 19.8 Å². The highest BCUT2D eigenvalue weighted by molar-refractivity contribution is 4.58. The van der Waals surface area contributed by atoms with E-state index in [2.05, 4.69) is 32.5 Å². The molecular weight excluding hydrogens is 98.1 g/mol. The molecule has 8 heavy (non-hydrogen) atoms. The van der Waals surface area contributed by atoms with Crippen LogP contribution >= 0.6 is 0 Å². The molecule has 1 radical (unpaired) electrons. The molecule has 0 aliphatic carbocycles. The van der Waals surface area contributed by atoms with Gasteiger partial charge in [0.2, 0.25) is 0 Å². The second-order valence-corrected chi connectivity index (χ2v) is 2.29. The molecule has 0 N–H and O–H groups in total. The second-order valence-electron chi connectivity index (χ2n) is 2.29. The van der Waals surface area contributed by atoms with Crippen LogP contribution in [0.25, 0.3) is 0 Å². The minimum Gasteiger partial charge on any atom is -0.305 e. The molecule has 0 aliphatic rings. The Morgan fingerprint density at radius 3 is 2.38 bits per heavy atom. The van der Waals surface area contributed by atoms with E-state index in [0.717, 1.165) is 0 Å². The molecule has 0 aromatic rings. The Labute approximate surface area is 52.7 Å². The van der Waals surface area contributed by atoms with Crippen molar-refractivity contribution in [2.24, 2.45) is 0 Å². The average molecular weight is 114 g/mol. The first-order chi connectivity index (χ1) is 3.77. The van der Waals surface area contributed by atoms with Gasteiger partial charge >= 0.3 is 0 Å². The summed E-state index contributed by atoms with van der Waals surface area (Å²) >= 11 is 0. The number of hydrogen-bond acceptors (Lipinski definition) is 1. The fourth-order valence-corrected chi connectivity index (χ4v) is 0.554. The summed E-state index contributed by atoms with van der Waals surface area (Å²) in [7, 11) is 4.13. The number of rotatable bonds is 4. The lowest BCUT2D eigenvalue weighted by atomic mass is 10.2. The summed E-state index contributed by atoms with van der Waals surface area (Å²) in [5, 5.41) is 0. The zero-order valence-corrected chi connectivity index (χ0v) is 6.15. The highest BCUT2D eigenvalue weighted by atomic mass is 15.0. The summed E-state index contributed by atoms with van der Waals surface area (Å²) in [5.74, 6) is 0. The molecule has 0 unspecified atom stereocenters. The summed E-state index contributed by atoms with van der Waals surface area (Å²) < 4.78 is 0. The molecule has 1 heteroatoms. The first kappa shape index (κ1) is 7.96. The van der Waals surface area contributed by atoms with Gasteiger partial charge in [0.25, 0.3) is 0 Å². The number of unbranched alkanes of at least 4 members (excludes halogenated alkanes) is 2. The van der Waals surface area contributed by atoms with E-state index < -0.39 is 0 Å². The van der Waals surface area contributed by atoms with Crippen LogP contribution in [-0.2, 0) is 0 Å². The lowest BCUT2D eigenvalue weighted by molar-refractivity contribution is 0.468. The quantitative estimate of drug-likeness (QED) is 0.504. The Hall–Kier alpha value is -0.0400. The third kappa shape index (κ3) is 5.96. The maximum absolute atomic E-state index is 2.21. The first-order valence-corrected chi connectivity index (χ1v) is 3.27. The van der Waals surface area contributed by atoms with Crippen molar-refractivity contribution in [3.63, 3.8) is 0 Å². The smallest absolute Gasteiger partial charge is 0.0245 e. The highest BCUT2D eigenvalue weighted by Gasteiger charge is 1.87. The molecule has 0 fully saturated rings. The molecule has 49 valence electrons. The van der Waals surface area contributed by atoms with Crippen molar-refractivity contribution in [2.75, 3.05) is 14.1 Å². The molecule has 1 nitrogen and oxygen atoms in total. The predicted molar refractivity (Wildman–Crippen MR) is 37.5 cm³/mol. The fraction of sp³-hybridized carbons (Fsp3) is 0.857. The van der Waals surface area contributed by atoms with Crippen molar-refractivity contribution < 1.29 is 0 Å². The van der Waals surface area contributed by atoms with Gasteiger partial charge in [-0.25, -0.2) is 0 Å². The monoisotopic (exact) mass is 114 g/mol. The van der Waals surface area contributed by atoms with E-state index in [9.17, 15) is 0 Å². The lowest BCUT2D eigenvalue weighted by Crippen LogP contribution is -2.06. The van der Waals surface area contributed by atoms with Crippen LogP contribution in [-0.4, -0.2) is 19.0 Å². The molecular formula is C7H16N. The maximum Gasteiger partial charge on any atom is 0.0245 e. The second kappa shape index (κ2) is 5.10. The van der Waals surface area contributed by atoms with Gasteiger partial charge in [-0.15, -0.1) is 0 Å². The molecule has 0 saturated carbocycles. The van der Waals surface area contributed by atoms with Crippen molar-refractivity contribution >= 4 is 0 Å². The van der Waals surface area contributed by atoms with Gasteiger partial charge in [-0.2, -0.15) is 0 Å². The summed E-state index contributed by atoms with van der Waals surface area (Å²) in [6.45, 7) is 4.42. The zero-order chi connectivity index (χ0) is 6.41. The van der Waals surface area contributed by atoms with Crippen LogP contribution in [0.4, 0.5) is 0 Å². The van der Waals surface area contributed by atoms with Crippen molar-refractivity contribution in [3.05, 3.63) is 6.54 Å². The largest absolute Gasteiger partial charge is 0.305 e. The minimum atomic E-state index is 1.23. The molecule has 0 bridgehead atoms. The van der Waals surface area contributed by atoms with Gasteiger partial charge < -0.3 is 4.90 Å². The third-order valence-corrected chi connectivity index (χ3v) is 1.05. The van der Waals surface area contributed by atoms with Crippen LogP contribution in [0.15, 0.2) is 0 Å². The van der Waals surface area contributed by atoms with Crippen LogP contribution in [0.5, 0.6) is 0 Å². The van der Waals surface area contributed by atoms with Crippen LogP contribution in [0.1, 0.15) is 26.2 Å². The Morgan fingerprint density at radius 2 is 2.00 bits per heavy atom. The van der Waals surface area contributed by atoms with E-state index in [-0.39, 0.29) is 0 Å². The van der Waals surface area contributed by atoms with E-state index in [1.54, 1.807) is 0 Å². The van der Waals surface area contributed by atoms with Crippen molar-refractivity contribution in [1.82, 2.24) is 4.90 Å². The average Bonchev–Trinajstić information content (AvgIpc) is 1.66. The number of hydrogen-bond donors (Lipinski definition) is 0. The fourth-order valence-electron chi connectivity index (χ4n) is 0.554. The minimum absolute atomic E-state index is 1.23.